The Kier molecular flexibility index (Phi) is 4.89. The molecule has 24 heavy (non-hydrogen) atoms. The van der Waals surface area contributed by atoms with Crippen LogP contribution in [0.5, 0.6) is 11.5 Å². The standard InChI is InChI=1S/C19H22N2O3/c1-3-20-11-12-21(18-10-5-4-9-17(18)20)19(22)14-24-16-8-6-7-15(13-16)23-2/h4-10,13H,3,11-12,14H2,1-2H3. The lowest BCUT2D eigenvalue weighted by molar-refractivity contribution is -0.120. The fourth-order valence-corrected chi connectivity index (χ4v) is 2.92. The number of methoxy groups -OCH3 is 1. The Labute approximate surface area is 142 Å². The summed E-state index contributed by atoms with van der Waals surface area (Å²) in [6.07, 6.45) is 0. The zero-order valence-electron chi connectivity index (χ0n) is 14.1. The number of anilines is 2. The minimum Gasteiger partial charge on any atom is -0.497 e. The number of benzene rings is 2. The van der Waals surface area contributed by atoms with E-state index in [1.807, 2.05) is 41.3 Å². The zero-order chi connectivity index (χ0) is 16.9. The number of hydrogen-bond donors (Lipinski definition) is 0. The molecule has 0 aromatic heterocycles. The highest BCUT2D eigenvalue weighted by Crippen LogP contribution is 2.32. The first kappa shape index (κ1) is 16.2. The van der Waals surface area contributed by atoms with Crippen LogP contribution in [0.25, 0.3) is 0 Å². The van der Waals surface area contributed by atoms with Gasteiger partial charge in [0.25, 0.3) is 5.91 Å². The topological polar surface area (TPSA) is 42.0 Å². The summed E-state index contributed by atoms with van der Waals surface area (Å²) in [5.74, 6) is 1.30. The molecule has 0 saturated heterocycles. The van der Waals surface area contributed by atoms with Gasteiger partial charge in [0.15, 0.2) is 6.61 Å². The summed E-state index contributed by atoms with van der Waals surface area (Å²) in [5, 5.41) is 0. The van der Waals surface area contributed by atoms with Crippen molar-refractivity contribution in [2.24, 2.45) is 0 Å². The molecule has 0 radical (unpaired) electrons. The monoisotopic (exact) mass is 326 g/mol. The van der Waals surface area contributed by atoms with Gasteiger partial charge in [-0.05, 0) is 31.2 Å². The molecule has 0 atom stereocenters. The predicted molar refractivity (Wildman–Crippen MR) is 95.2 cm³/mol. The Morgan fingerprint density at radius 1 is 1.04 bits per heavy atom. The molecule has 1 aliphatic rings. The van der Waals surface area contributed by atoms with Gasteiger partial charge in [-0.15, -0.1) is 0 Å². The third-order valence-electron chi connectivity index (χ3n) is 4.19. The summed E-state index contributed by atoms with van der Waals surface area (Å²) in [7, 11) is 1.61. The van der Waals surface area contributed by atoms with E-state index in [-0.39, 0.29) is 12.5 Å². The van der Waals surface area contributed by atoms with Crippen LogP contribution < -0.4 is 19.3 Å². The van der Waals surface area contributed by atoms with E-state index in [1.54, 1.807) is 13.2 Å². The van der Waals surface area contributed by atoms with E-state index >= 15 is 0 Å². The second kappa shape index (κ2) is 7.25. The molecule has 0 fully saturated rings. The highest BCUT2D eigenvalue weighted by molar-refractivity contribution is 5.98. The summed E-state index contributed by atoms with van der Waals surface area (Å²) in [5.41, 5.74) is 2.05. The van der Waals surface area contributed by atoms with Crippen molar-refractivity contribution < 1.29 is 14.3 Å². The maximum atomic E-state index is 12.6. The molecule has 0 saturated carbocycles. The summed E-state index contributed by atoms with van der Waals surface area (Å²) in [6.45, 7) is 4.57. The summed E-state index contributed by atoms with van der Waals surface area (Å²) in [6, 6.07) is 15.3. The van der Waals surface area contributed by atoms with Crippen molar-refractivity contribution in [1.82, 2.24) is 0 Å². The molecule has 2 aromatic carbocycles. The normalized spacial score (nSPS) is 13.4. The van der Waals surface area contributed by atoms with Gasteiger partial charge in [-0.25, -0.2) is 0 Å². The van der Waals surface area contributed by atoms with Gasteiger partial charge in [0, 0.05) is 25.7 Å². The average Bonchev–Trinajstić information content (AvgIpc) is 2.65. The van der Waals surface area contributed by atoms with Crippen molar-refractivity contribution in [2.75, 3.05) is 43.2 Å². The van der Waals surface area contributed by atoms with E-state index in [1.165, 1.54) is 0 Å². The molecule has 5 nitrogen and oxygen atoms in total. The number of carbonyl (C=O) groups excluding carboxylic acids is 1. The van der Waals surface area contributed by atoms with E-state index < -0.39 is 0 Å². The predicted octanol–water partition coefficient (Wildman–Crippen LogP) is 2.95. The van der Waals surface area contributed by atoms with Gasteiger partial charge in [-0.3, -0.25) is 4.79 Å². The number of likely N-dealkylation sites (N-methyl/N-ethyl adjacent to an activating group) is 1. The van der Waals surface area contributed by atoms with Gasteiger partial charge in [0.2, 0.25) is 0 Å². The van der Waals surface area contributed by atoms with Gasteiger partial charge in [-0.1, -0.05) is 18.2 Å². The molecular formula is C19H22N2O3. The second-order valence-electron chi connectivity index (χ2n) is 5.58. The van der Waals surface area contributed by atoms with Crippen LogP contribution in [0.1, 0.15) is 6.92 Å². The number of amides is 1. The molecule has 0 bridgehead atoms. The Hall–Kier alpha value is -2.69. The molecule has 0 spiro atoms. The Morgan fingerprint density at radius 3 is 2.54 bits per heavy atom. The number of para-hydroxylation sites is 2. The van der Waals surface area contributed by atoms with Crippen LogP contribution in [0.3, 0.4) is 0 Å². The molecule has 2 aromatic rings. The maximum Gasteiger partial charge on any atom is 0.265 e. The van der Waals surface area contributed by atoms with Crippen LogP contribution in [0, 0.1) is 0 Å². The maximum absolute atomic E-state index is 12.6. The molecule has 3 rings (SSSR count). The average molecular weight is 326 g/mol. The number of fused-ring (bicyclic) bond motifs is 1. The third kappa shape index (κ3) is 3.30. The number of hydrogen-bond acceptors (Lipinski definition) is 4. The van der Waals surface area contributed by atoms with Crippen LogP contribution in [-0.2, 0) is 4.79 Å². The number of rotatable bonds is 5. The van der Waals surface area contributed by atoms with E-state index in [9.17, 15) is 4.79 Å². The minimum absolute atomic E-state index is 0.00757. The second-order valence-corrected chi connectivity index (χ2v) is 5.58. The third-order valence-corrected chi connectivity index (χ3v) is 4.19. The summed E-state index contributed by atoms with van der Waals surface area (Å²) >= 11 is 0. The van der Waals surface area contributed by atoms with Gasteiger partial charge in [0.05, 0.1) is 18.5 Å². The summed E-state index contributed by atoms with van der Waals surface area (Å²) in [4.78, 5) is 16.7. The molecule has 1 aliphatic heterocycles. The molecule has 5 heteroatoms. The Bertz CT molecular complexity index is 717. The number of nitrogens with zero attached hydrogens (tertiary/aromatic N) is 2. The van der Waals surface area contributed by atoms with Gasteiger partial charge in [-0.2, -0.15) is 0 Å². The van der Waals surface area contributed by atoms with Crippen molar-refractivity contribution in [3.63, 3.8) is 0 Å². The quantitative estimate of drug-likeness (QED) is 0.847. The van der Waals surface area contributed by atoms with Crippen molar-refractivity contribution in [2.45, 2.75) is 6.92 Å². The minimum atomic E-state index is -0.0407. The molecule has 126 valence electrons. The largest absolute Gasteiger partial charge is 0.497 e. The molecular weight excluding hydrogens is 304 g/mol. The van der Waals surface area contributed by atoms with E-state index in [2.05, 4.69) is 17.9 Å². The van der Waals surface area contributed by atoms with Crippen LogP contribution in [0.2, 0.25) is 0 Å². The lowest BCUT2D eigenvalue weighted by Gasteiger charge is -2.37. The Morgan fingerprint density at radius 2 is 1.79 bits per heavy atom. The van der Waals surface area contributed by atoms with Crippen molar-refractivity contribution >= 4 is 17.3 Å². The highest BCUT2D eigenvalue weighted by Gasteiger charge is 2.25. The molecule has 0 unspecified atom stereocenters. The van der Waals surface area contributed by atoms with Gasteiger partial charge in [0.1, 0.15) is 11.5 Å². The van der Waals surface area contributed by atoms with Crippen LogP contribution >= 0.6 is 0 Å². The fourth-order valence-electron chi connectivity index (χ4n) is 2.92. The first-order valence-electron chi connectivity index (χ1n) is 8.14. The molecule has 0 aliphatic carbocycles. The first-order valence-corrected chi connectivity index (χ1v) is 8.14. The van der Waals surface area contributed by atoms with Crippen LogP contribution in [0.4, 0.5) is 11.4 Å². The smallest absolute Gasteiger partial charge is 0.265 e. The molecule has 0 N–H and O–H groups in total. The van der Waals surface area contributed by atoms with Crippen molar-refractivity contribution in [3.05, 3.63) is 48.5 Å². The zero-order valence-corrected chi connectivity index (χ0v) is 14.1. The number of carbonyl (C=O) groups is 1. The molecule has 1 amide bonds. The van der Waals surface area contributed by atoms with Crippen LogP contribution in [-0.4, -0.2) is 39.3 Å². The highest BCUT2D eigenvalue weighted by atomic mass is 16.5. The van der Waals surface area contributed by atoms with E-state index in [4.69, 9.17) is 9.47 Å². The van der Waals surface area contributed by atoms with Crippen molar-refractivity contribution in [3.8, 4) is 11.5 Å². The molecule has 1 heterocycles. The van der Waals surface area contributed by atoms with E-state index in [0.29, 0.717) is 18.0 Å². The number of ether oxygens (including phenoxy) is 2. The summed E-state index contributed by atoms with van der Waals surface area (Å²) < 4.78 is 10.8. The van der Waals surface area contributed by atoms with Gasteiger partial charge < -0.3 is 19.3 Å². The van der Waals surface area contributed by atoms with Crippen molar-refractivity contribution in [1.29, 1.82) is 0 Å². The fraction of sp³-hybridized carbons (Fsp3) is 0.316. The van der Waals surface area contributed by atoms with Crippen LogP contribution in [0.15, 0.2) is 48.5 Å². The van der Waals surface area contributed by atoms with Gasteiger partial charge >= 0.3 is 0 Å². The first-order chi connectivity index (χ1) is 11.7. The lowest BCUT2D eigenvalue weighted by atomic mass is 10.1. The SMILES string of the molecule is CCN1CCN(C(=O)COc2cccc(OC)c2)c2ccccc21. The lowest BCUT2D eigenvalue weighted by Crippen LogP contribution is -2.45. The Balaban J connectivity index is 1.71. The van der Waals surface area contributed by atoms with E-state index in [0.717, 1.165) is 24.5 Å².